The smallest absolute Gasteiger partial charge is 0.344 e. The fourth-order valence-corrected chi connectivity index (χ4v) is 3.79. The van der Waals surface area contributed by atoms with Gasteiger partial charge in [-0.1, -0.05) is 54.6 Å². The highest BCUT2D eigenvalue weighted by Gasteiger charge is 2.03. The zero-order valence-corrected chi connectivity index (χ0v) is 17.5. The van der Waals surface area contributed by atoms with Crippen molar-refractivity contribution in [1.82, 2.24) is 0 Å². The molecule has 4 heteroatoms. The van der Waals surface area contributed by atoms with Crippen molar-refractivity contribution in [2.24, 2.45) is 0 Å². The van der Waals surface area contributed by atoms with E-state index in [1.165, 1.54) is 21.6 Å². The van der Waals surface area contributed by atoms with Crippen molar-refractivity contribution in [2.45, 2.75) is 24.7 Å². The summed E-state index contributed by atoms with van der Waals surface area (Å²) in [5.41, 5.74) is 3.77. The lowest BCUT2D eigenvalue weighted by Crippen LogP contribution is -2.14. The van der Waals surface area contributed by atoms with E-state index in [2.05, 4.69) is 60.7 Å². The van der Waals surface area contributed by atoms with E-state index in [1.807, 2.05) is 30.0 Å². The van der Waals surface area contributed by atoms with E-state index >= 15 is 0 Å². The lowest BCUT2D eigenvalue weighted by Gasteiger charge is -2.07. The largest absolute Gasteiger partial charge is 0.482 e. The Kier molecular flexibility index (Phi) is 8.20. The Hall–Kier alpha value is -2.72. The van der Waals surface area contributed by atoms with Gasteiger partial charge in [0.25, 0.3) is 0 Å². The molecule has 0 saturated carbocycles. The summed E-state index contributed by atoms with van der Waals surface area (Å²) in [4.78, 5) is 12.6. The third-order valence-corrected chi connectivity index (χ3v) is 5.52. The second kappa shape index (κ2) is 11.3. The minimum Gasteiger partial charge on any atom is -0.482 e. The third-order valence-electron chi connectivity index (χ3n) is 4.43. The number of aryl methyl sites for hydroxylation is 1. The van der Waals surface area contributed by atoms with Crippen molar-refractivity contribution in [3.63, 3.8) is 0 Å². The van der Waals surface area contributed by atoms with Gasteiger partial charge < -0.3 is 9.47 Å². The van der Waals surface area contributed by atoms with Crippen LogP contribution in [-0.2, 0) is 16.0 Å². The van der Waals surface area contributed by atoms with Gasteiger partial charge in [0.15, 0.2) is 6.61 Å². The van der Waals surface area contributed by atoms with Crippen molar-refractivity contribution in [1.29, 1.82) is 0 Å². The van der Waals surface area contributed by atoms with E-state index in [-0.39, 0.29) is 12.6 Å². The minimum absolute atomic E-state index is 0.0487. The number of rotatable bonds is 10. The van der Waals surface area contributed by atoms with Crippen molar-refractivity contribution >= 4 is 17.7 Å². The molecular formula is C25H26O3S. The average molecular weight is 407 g/mol. The molecule has 0 aliphatic carbocycles. The maximum Gasteiger partial charge on any atom is 0.344 e. The zero-order valence-electron chi connectivity index (χ0n) is 16.7. The summed E-state index contributed by atoms with van der Waals surface area (Å²) in [7, 11) is 0. The molecule has 0 atom stereocenters. The first kappa shape index (κ1) is 21.0. The van der Waals surface area contributed by atoms with Crippen molar-refractivity contribution in [2.75, 3.05) is 19.0 Å². The number of thioether (sulfide) groups is 1. The number of ether oxygens (including phenoxy) is 2. The van der Waals surface area contributed by atoms with Crippen LogP contribution < -0.4 is 4.74 Å². The summed E-state index contributed by atoms with van der Waals surface area (Å²) in [6.07, 6.45) is 2.13. The Morgan fingerprint density at radius 3 is 2.24 bits per heavy atom. The number of hydrogen-bond donors (Lipinski definition) is 0. The normalized spacial score (nSPS) is 10.5. The van der Waals surface area contributed by atoms with Gasteiger partial charge in [0.1, 0.15) is 5.75 Å². The lowest BCUT2D eigenvalue weighted by atomic mass is 10.1. The van der Waals surface area contributed by atoms with Gasteiger partial charge in [0.2, 0.25) is 0 Å². The Morgan fingerprint density at radius 2 is 1.55 bits per heavy atom. The van der Waals surface area contributed by atoms with Gasteiger partial charge in [-0.25, -0.2) is 4.79 Å². The van der Waals surface area contributed by atoms with E-state index in [9.17, 15) is 4.79 Å². The summed E-state index contributed by atoms with van der Waals surface area (Å²) >= 11 is 1.89. The molecular weight excluding hydrogens is 380 g/mol. The molecule has 0 heterocycles. The first-order valence-electron chi connectivity index (χ1n) is 9.90. The van der Waals surface area contributed by atoms with Crippen LogP contribution in [0.5, 0.6) is 5.75 Å². The Morgan fingerprint density at radius 1 is 0.862 bits per heavy atom. The van der Waals surface area contributed by atoms with E-state index in [0.717, 1.165) is 18.6 Å². The molecule has 0 saturated heterocycles. The van der Waals surface area contributed by atoms with Crippen LogP contribution in [0.4, 0.5) is 0 Å². The van der Waals surface area contributed by atoms with Crippen LogP contribution in [0.2, 0.25) is 0 Å². The molecule has 0 radical (unpaired) electrons. The molecule has 3 nitrogen and oxygen atoms in total. The summed E-state index contributed by atoms with van der Waals surface area (Å²) in [6.45, 7) is 2.11. The fourth-order valence-electron chi connectivity index (χ4n) is 2.94. The monoisotopic (exact) mass is 406 g/mol. The molecule has 3 aromatic rings. The first-order chi connectivity index (χ1) is 14.2. The van der Waals surface area contributed by atoms with Gasteiger partial charge >= 0.3 is 5.97 Å². The highest BCUT2D eigenvalue weighted by molar-refractivity contribution is 7.99. The summed E-state index contributed by atoms with van der Waals surface area (Å²) in [6, 6.07) is 27.1. The van der Waals surface area contributed by atoms with Crippen molar-refractivity contribution < 1.29 is 14.3 Å². The lowest BCUT2D eigenvalue weighted by molar-refractivity contribution is -0.145. The summed E-state index contributed by atoms with van der Waals surface area (Å²) in [5.74, 6) is 1.42. The molecule has 0 aliphatic heterocycles. The van der Waals surface area contributed by atoms with Crippen LogP contribution in [0.25, 0.3) is 11.1 Å². The summed E-state index contributed by atoms with van der Waals surface area (Å²) in [5, 5.41) is 0. The van der Waals surface area contributed by atoms with Gasteiger partial charge in [0.05, 0.1) is 6.61 Å². The van der Waals surface area contributed by atoms with Gasteiger partial charge in [-0.3, -0.25) is 0 Å². The second-order valence-corrected chi connectivity index (χ2v) is 7.75. The molecule has 0 unspecified atom stereocenters. The van der Waals surface area contributed by atoms with Crippen LogP contribution in [-0.4, -0.2) is 24.9 Å². The van der Waals surface area contributed by atoms with E-state index in [4.69, 9.17) is 9.47 Å². The van der Waals surface area contributed by atoms with Crippen LogP contribution >= 0.6 is 11.8 Å². The van der Waals surface area contributed by atoms with Gasteiger partial charge in [0, 0.05) is 4.90 Å². The molecule has 29 heavy (non-hydrogen) atoms. The van der Waals surface area contributed by atoms with E-state index < -0.39 is 0 Å². The molecule has 3 rings (SSSR count). The Labute approximate surface area is 177 Å². The van der Waals surface area contributed by atoms with Gasteiger partial charge in [-0.05, 0) is 66.5 Å². The van der Waals surface area contributed by atoms with Crippen molar-refractivity contribution in [3.05, 3.63) is 84.4 Å². The highest BCUT2D eigenvalue weighted by Crippen LogP contribution is 2.25. The molecule has 0 aromatic heterocycles. The molecule has 150 valence electrons. The molecule has 0 N–H and O–H groups in total. The zero-order chi connectivity index (χ0) is 20.3. The number of esters is 1. The number of benzene rings is 3. The molecule has 0 bridgehead atoms. The number of carbonyl (C=O) groups excluding carboxylic acids is 1. The molecule has 0 fully saturated rings. The average Bonchev–Trinajstić information content (AvgIpc) is 2.77. The minimum atomic E-state index is -0.342. The van der Waals surface area contributed by atoms with Gasteiger partial charge in [-0.2, -0.15) is 0 Å². The highest BCUT2D eigenvalue weighted by atomic mass is 32.2. The standard InChI is InChI=1S/C25H26O3S/c1-2-27-25(26)19-28-23-14-10-20(11-15-23)7-6-18-29-24-16-12-22(13-17-24)21-8-4-3-5-9-21/h3-5,8-17H,2,6-7,18-19H2,1H3. The van der Waals surface area contributed by atoms with Crippen LogP contribution in [0, 0.1) is 0 Å². The third kappa shape index (κ3) is 6.99. The Bertz CT molecular complexity index is 874. The van der Waals surface area contributed by atoms with Crippen LogP contribution in [0.1, 0.15) is 18.9 Å². The second-order valence-electron chi connectivity index (χ2n) is 6.58. The number of hydrogen-bond acceptors (Lipinski definition) is 4. The van der Waals surface area contributed by atoms with Gasteiger partial charge in [-0.15, -0.1) is 11.8 Å². The van der Waals surface area contributed by atoms with Crippen molar-refractivity contribution in [3.8, 4) is 16.9 Å². The fraction of sp³-hybridized carbons (Fsp3) is 0.240. The quantitative estimate of drug-likeness (QED) is 0.234. The molecule has 0 aliphatic rings. The van der Waals surface area contributed by atoms with Crippen LogP contribution in [0.15, 0.2) is 83.8 Å². The maximum atomic E-state index is 11.3. The first-order valence-corrected chi connectivity index (χ1v) is 10.9. The maximum absolute atomic E-state index is 11.3. The topological polar surface area (TPSA) is 35.5 Å². The predicted octanol–water partition coefficient (Wildman–Crippen LogP) is 6.02. The van der Waals surface area contributed by atoms with E-state index in [0.29, 0.717) is 12.4 Å². The molecule has 0 amide bonds. The summed E-state index contributed by atoms with van der Waals surface area (Å²) < 4.78 is 10.3. The SMILES string of the molecule is CCOC(=O)COc1ccc(CCCSc2ccc(-c3ccccc3)cc2)cc1. The van der Waals surface area contributed by atoms with E-state index in [1.54, 1.807) is 6.92 Å². The molecule has 3 aromatic carbocycles. The molecule has 0 spiro atoms. The number of carbonyl (C=O) groups is 1. The van der Waals surface area contributed by atoms with Crippen LogP contribution in [0.3, 0.4) is 0 Å². The Balaban J connectivity index is 1.38. The predicted molar refractivity (Wildman–Crippen MR) is 119 cm³/mol.